The first-order valence-electron chi connectivity index (χ1n) is 10.3. The molecule has 4 heterocycles. The van der Waals surface area contributed by atoms with Gasteiger partial charge in [0.2, 0.25) is 0 Å². The topological polar surface area (TPSA) is 54.7 Å². The Morgan fingerprint density at radius 2 is 2.14 bits per heavy atom. The van der Waals surface area contributed by atoms with Gasteiger partial charge in [-0.3, -0.25) is 4.40 Å². The Labute approximate surface area is 169 Å². The molecule has 0 amide bonds. The van der Waals surface area contributed by atoms with Crippen LogP contribution in [0.25, 0.3) is 17.0 Å². The van der Waals surface area contributed by atoms with Gasteiger partial charge in [0.15, 0.2) is 0 Å². The third kappa shape index (κ3) is 3.55. The molecule has 0 radical (unpaired) electrons. The van der Waals surface area contributed by atoms with E-state index in [1.807, 2.05) is 49.3 Å². The van der Waals surface area contributed by atoms with E-state index in [0.29, 0.717) is 31.4 Å². The molecular weight excluding hydrogens is 369 g/mol. The van der Waals surface area contributed by atoms with Crippen molar-refractivity contribution in [3.63, 3.8) is 0 Å². The summed E-state index contributed by atoms with van der Waals surface area (Å²) in [7, 11) is 1.94. The number of hydrogen-bond donors (Lipinski definition) is 1. The first-order valence-corrected chi connectivity index (χ1v) is 10.3. The summed E-state index contributed by atoms with van der Waals surface area (Å²) >= 11 is 0. The quantitative estimate of drug-likeness (QED) is 0.689. The number of aromatic nitrogens is 3. The van der Waals surface area contributed by atoms with Gasteiger partial charge in [-0.15, -0.1) is 0 Å². The monoisotopic (exact) mass is 395 g/mol. The molecular formula is C22H26FN5O. The van der Waals surface area contributed by atoms with Crippen LogP contribution in [0.15, 0.2) is 36.7 Å². The Kier molecular flexibility index (Phi) is 4.62. The fourth-order valence-corrected chi connectivity index (χ4v) is 4.13. The Balaban J connectivity index is 1.48. The summed E-state index contributed by atoms with van der Waals surface area (Å²) in [6, 6.07) is 7.59. The van der Waals surface area contributed by atoms with Gasteiger partial charge >= 0.3 is 0 Å². The first kappa shape index (κ1) is 18.4. The van der Waals surface area contributed by atoms with E-state index in [-0.39, 0.29) is 6.04 Å². The number of fused-ring (bicyclic) bond motifs is 1. The number of nitrogens with zero attached hydrogens (tertiary/aromatic N) is 4. The van der Waals surface area contributed by atoms with E-state index in [4.69, 9.17) is 9.72 Å². The molecule has 152 valence electrons. The van der Waals surface area contributed by atoms with Crippen molar-refractivity contribution in [3.05, 3.63) is 42.2 Å². The molecule has 0 bridgehead atoms. The molecule has 2 fully saturated rings. The summed E-state index contributed by atoms with van der Waals surface area (Å²) in [5.41, 5.74) is 3.82. The van der Waals surface area contributed by atoms with Crippen molar-refractivity contribution in [1.82, 2.24) is 19.3 Å². The van der Waals surface area contributed by atoms with Crippen LogP contribution in [0.1, 0.15) is 31.2 Å². The number of likely N-dealkylation sites (N-methyl/N-ethyl adjacent to an activating group) is 1. The van der Waals surface area contributed by atoms with Crippen molar-refractivity contribution in [3.8, 4) is 17.1 Å². The van der Waals surface area contributed by atoms with Crippen LogP contribution in [0.5, 0.6) is 5.75 Å². The van der Waals surface area contributed by atoms with Crippen LogP contribution in [-0.4, -0.2) is 58.2 Å². The Bertz CT molecular complexity index is 1030. The Morgan fingerprint density at radius 1 is 1.28 bits per heavy atom. The molecule has 1 saturated carbocycles. The summed E-state index contributed by atoms with van der Waals surface area (Å²) in [6.07, 6.45) is 5.50. The molecule has 1 aliphatic carbocycles. The summed E-state index contributed by atoms with van der Waals surface area (Å²) in [4.78, 5) is 11.3. The second-order valence-electron chi connectivity index (χ2n) is 8.07. The van der Waals surface area contributed by atoms with Crippen LogP contribution in [-0.2, 0) is 0 Å². The maximum Gasteiger partial charge on any atom is 0.140 e. The van der Waals surface area contributed by atoms with E-state index >= 15 is 0 Å². The molecule has 0 spiro atoms. The standard InChI is InChI=1S/C22H26FN5O/c1-3-29-20-9-22-24-10-19(28(22)11-15(20)14-7-8-14)17-5-4-6-21(25-17)26-18-13-27(2)12-16(18)23/h4-6,9-11,14,16,18H,3,7-8,12-13H2,1-2H3,(H,25,26)/t16-,18-/m0/s1. The molecule has 7 heteroatoms. The van der Waals surface area contributed by atoms with E-state index in [9.17, 15) is 4.39 Å². The average Bonchev–Trinajstić information content (AvgIpc) is 3.39. The van der Waals surface area contributed by atoms with Gasteiger partial charge in [-0.1, -0.05) is 6.07 Å². The molecule has 3 aromatic heterocycles. The number of likely N-dealkylation sites (tertiary alicyclic amines) is 1. The number of nitrogens with one attached hydrogen (secondary N) is 1. The highest BCUT2D eigenvalue weighted by Crippen LogP contribution is 2.45. The molecule has 3 aromatic rings. The van der Waals surface area contributed by atoms with Crippen LogP contribution in [0.2, 0.25) is 0 Å². The third-order valence-corrected chi connectivity index (χ3v) is 5.73. The highest BCUT2D eigenvalue weighted by atomic mass is 19.1. The fraction of sp³-hybridized carbons (Fsp3) is 0.455. The maximum atomic E-state index is 14.2. The molecule has 5 rings (SSSR count). The SMILES string of the molecule is CCOc1cc2ncc(-c3cccc(N[C@H]4CN(C)C[C@@H]4F)n3)n2cc1C1CC1. The van der Waals surface area contributed by atoms with E-state index in [1.54, 1.807) is 0 Å². The van der Waals surface area contributed by atoms with Crippen molar-refractivity contribution in [1.29, 1.82) is 0 Å². The number of anilines is 1. The number of hydrogen-bond acceptors (Lipinski definition) is 5. The number of alkyl halides is 1. The second-order valence-corrected chi connectivity index (χ2v) is 8.07. The number of ether oxygens (including phenoxy) is 1. The predicted molar refractivity (Wildman–Crippen MR) is 111 cm³/mol. The molecule has 0 aromatic carbocycles. The number of rotatable bonds is 6. The molecule has 2 aliphatic rings. The molecule has 0 unspecified atom stereocenters. The Hall–Kier alpha value is -2.67. The van der Waals surface area contributed by atoms with Crippen LogP contribution in [0, 0.1) is 0 Å². The lowest BCUT2D eigenvalue weighted by molar-refractivity contribution is 0.314. The lowest BCUT2D eigenvalue weighted by Gasteiger charge is -2.16. The fourth-order valence-electron chi connectivity index (χ4n) is 4.13. The van der Waals surface area contributed by atoms with Gasteiger partial charge in [0, 0.05) is 30.9 Å². The van der Waals surface area contributed by atoms with Crippen molar-refractivity contribution in [2.75, 3.05) is 32.1 Å². The highest BCUT2D eigenvalue weighted by Gasteiger charge is 2.31. The van der Waals surface area contributed by atoms with Gasteiger partial charge in [-0.05, 0) is 44.9 Å². The predicted octanol–water partition coefficient (Wildman–Crippen LogP) is 3.74. The first-order chi connectivity index (χ1) is 14.1. The van der Waals surface area contributed by atoms with E-state index < -0.39 is 6.17 Å². The molecule has 1 N–H and O–H groups in total. The minimum atomic E-state index is -0.890. The highest BCUT2D eigenvalue weighted by molar-refractivity contribution is 5.64. The minimum absolute atomic E-state index is 0.236. The van der Waals surface area contributed by atoms with Crippen molar-refractivity contribution < 1.29 is 9.13 Å². The van der Waals surface area contributed by atoms with E-state index in [2.05, 4.69) is 20.9 Å². The number of pyridine rings is 2. The van der Waals surface area contributed by atoms with Crippen molar-refractivity contribution >= 4 is 11.5 Å². The Morgan fingerprint density at radius 3 is 2.86 bits per heavy atom. The lowest BCUT2D eigenvalue weighted by atomic mass is 10.1. The maximum absolute atomic E-state index is 14.2. The van der Waals surface area contributed by atoms with Crippen LogP contribution in [0.3, 0.4) is 0 Å². The zero-order valence-corrected chi connectivity index (χ0v) is 16.8. The molecule has 6 nitrogen and oxygen atoms in total. The smallest absolute Gasteiger partial charge is 0.140 e. The minimum Gasteiger partial charge on any atom is -0.493 e. The van der Waals surface area contributed by atoms with Gasteiger partial charge < -0.3 is 15.0 Å². The summed E-state index contributed by atoms with van der Waals surface area (Å²) < 4.78 is 22.1. The van der Waals surface area contributed by atoms with Gasteiger partial charge in [0.1, 0.15) is 23.4 Å². The van der Waals surface area contributed by atoms with Crippen LogP contribution >= 0.6 is 0 Å². The van der Waals surface area contributed by atoms with Gasteiger partial charge in [-0.2, -0.15) is 0 Å². The second kappa shape index (κ2) is 7.30. The van der Waals surface area contributed by atoms with Gasteiger partial charge in [0.05, 0.1) is 30.2 Å². The summed E-state index contributed by atoms with van der Waals surface area (Å²) in [5.74, 6) is 2.19. The molecule has 29 heavy (non-hydrogen) atoms. The average molecular weight is 395 g/mol. The largest absolute Gasteiger partial charge is 0.493 e. The van der Waals surface area contributed by atoms with Crippen molar-refractivity contribution in [2.45, 2.75) is 37.9 Å². The number of halogens is 1. The van der Waals surface area contributed by atoms with Crippen LogP contribution in [0.4, 0.5) is 10.2 Å². The lowest BCUT2D eigenvalue weighted by Crippen LogP contribution is -2.29. The summed E-state index contributed by atoms with van der Waals surface area (Å²) in [6.45, 7) is 3.78. The van der Waals surface area contributed by atoms with Gasteiger partial charge in [-0.25, -0.2) is 14.4 Å². The van der Waals surface area contributed by atoms with Gasteiger partial charge in [0.25, 0.3) is 0 Å². The zero-order chi connectivity index (χ0) is 20.0. The third-order valence-electron chi connectivity index (χ3n) is 5.73. The van der Waals surface area contributed by atoms with E-state index in [0.717, 1.165) is 22.8 Å². The molecule has 1 saturated heterocycles. The molecule has 1 aliphatic heterocycles. The summed E-state index contributed by atoms with van der Waals surface area (Å²) in [5, 5.41) is 3.26. The van der Waals surface area contributed by atoms with E-state index in [1.165, 1.54) is 18.4 Å². The van der Waals surface area contributed by atoms with Crippen LogP contribution < -0.4 is 10.1 Å². The number of imidazole rings is 1. The zero-order valence-electron chi connectivity index (χ0n) is 16.8. The van der Waals surface area contributed by atoms with Crippen molar-refractivity contribution in [2.24, 2.45) is 0 Å². The normalized spacial score (nSPS) is 22.3. The molecule has 2 atom stereocenters.